The monoisotopic (exact) mass is 407 g/mol. The highest BCUT2D eigenvalue weighted by Crippen LogP contribution is 2.33. The Balaban J connectivity index is 1.65. The highest BCUT2D eigenvalue weighted by atomic mass is 16.6. The van der Waals surface area contributed by atoms with Crippen molar-refractivity contribution in [3.05, 3.63) is 81.1 Å². The number of carbonyl (C=O) groups is 1. The fraction of sp³-hybridized carbons (Fsp3) is 0.286. The molecule has 9 nitrogen and oxygen atoms in total. The van der Waals surface area contributed by atoms with E-state index >= 15 is 0 Å². The number of aryl methyl sites for hydroxylation is 2. The lowest BCUT2D eigenvalue weighted by Crippen LogP contribution is -2.30. The standard InChI is InChI=1S/C21H21N5O4/c1-13-6-8-16(9-7-13)17-11-18(19-5-4-10-30-19)25(23-17)20(27)12-24-15(3)21(26(28)29)14(2)22-24/h4-10,18H,11-12H2,1-3H3/t18-/m0/s1. The molecular weight excluding hydrogens is 386 g/mol. The molecule has 3 aromatic rings. The Kier molecular flexibility index (Phi) is 4.94. The van der Waals surface area contributed by atoms with Gasteiger partial charge in [0.1, 0.15) is 29.7 Å². The van der Waals surface area contributed by atoms with Crippen LogP contribution in [0.2, 0.25) is 0 Å². The Morgan fingerprint density at radius 2 is 1.97 bits per heavy atom. The quantitative estimate of drug-likeness (QED) is 0.474. The Hall–Kier alpha value is -3.75. The maximum absolute atomic E-state index is 13.1. The van der Waals surface area contributed by atoms with Crippen LogP contribution in [0.3, 0.4) is 0 Å². The molecule has 0 unspecified atom stereocenters. The Morgan fingerprint density at radius 1 is 1.23 bits per heavy atom. The third kappa shape index (κ3) is 3.49. The number of hydrogen-bond donors (Lipinski definition) is 0. The summed E-state index contributed by atoms with van der Waals surface area (Å²) in [6, 6.07) is 11.2. The molecule has 1 aromatic carbocycles. The second-order valence-electron chi connectivity index (χ2n) is 7.32. The van der Waals surface area contributed by atoms with Crippen LogP contribution < -0.4 is 0 Å². The summed E-state index contributed by atoms with van der Waals surface area (Å²) in [7, 11) is 0. The van der Waals surface area contributed by atoms with Crippen molar-refractivity contribution < 1.29 is 14.1 Å². The minimum atomic E-state index is -0.478. The van der Waals surface area contributed by atoms with Gasteiger partial charge in [-0.1, -0.05) is 29.8 Å². The topological polar surface area (TPSA) is 107 Å². The van der Waals surface area contributed by atoms with E-state index in [-0.39, 0.29) is 29.9 Å². The predicted octanol–water partition coefficient (Wildman–Crippen LogP) is 3.69. The lowest BCUT2D eigenvalue weighted by atomic mass is 10.0. The number of rotatable bonds is 5. The molecule has 9 heteroatoms. The molecule has 1 amide bonds. The minimum absolute atomic E-state index is 0.0735. The first-order valence-corrected chi connectivity index (χ1v) is 9.53. The van der Waals surface area contributed by atoms with Gasteiger partial charge in [-0.25, -0.2) is 5.01 Å². The summed E-state index contributed by atoms with van der Waals surface area (Å²) in [6.07, 6.45) is 2.08. The van der Waals surface area contributed by atoms with Gasteiger partial charge in [0.25, 0.3) is 5.91 Å². The highest BCUT2D eigenvalue weighted by molar-refractivity contribution is 6.03. The summed E-state index contributed by atoms with van der Waals surface area (Å²) >= 11 is 0. The van der Waals surface area contributed by atoms with Crippen molar-refractivity contribution in [1.82, 2.24) is 14.8 Å². The third-order valence-corrected chi connectivity index (χ3v) is 5.23. The van der Waals surface area contributed by atoms with Crippen LogP contribution in [0.25, 0.3) is 0 Å². The Morgan fingerprint density at radius 3 is 2.57 bits per heavy atom. The van der Waals surface area contributed by atoms with E-state index in [1.165, 1.54) is 9.69 Å². The largest absolute Gasteiger partial charge is 0.467 e. The SMILES string of the molecule is Cc1ccc(C2=NN(C(=O)Cn3nc(C)c([N+](=O)[O-])c3C)[C@H](c3ccco3)C2)cc1. The smallest absolute Gasteiger partial charge is 0.312 e. The fourth-order valence-corrected chi connectivity index (χ4v) is 3.67. The van der Waals surface area contributed by atoms with E-state index in [4.69, 9.17) is 4.42 Å². The van der Waals surface area contributed by atoms with Crippen LogP contribution in [0.1, 0.15) is 40.7 Å². The summed E-state index contributed by atoms with van der Waals surface area (Å²) in [5.74, 6) is 0.313. The number of nitro groups is 1. The molecule has 154 valence electrons. The van der Waals surface area contributed by atoms with E-state index in [0.717, 1.165) is 16.8 Å². The number of aromatic nitrogens is 2. The van der Waals surface area contributed by atoms with Crippen LogP contribution in [0.5, 0.6) is 0 Å². The zero-order valence-corrected chi connectivity index (χ0v) is 16.9. The first kappa shape index (κ1) is 19.6. The Labute approximate surface area is 172 Å². The molecule has 1 aliphatic heterocycles. The number of furan rings is 1. The molecule has 0 N–H and O–H groups in total. The molecule has 0 radical (unpaired) electrons. The summed E-state index contributed by atoms with van der Waals surface area (Å²) in [4.78, 5) is 23.9. The van der Waals surface area contributed by atoms with Gasteiger partial charge in [-0.2, -0.15) is 10.2 Å². The van der Waals surface area contributed by atoms with Crippen molar-refractivity contribution in [2.24, 2.45) is 5.10 Å². The minimum Gasteiger partial charge on any atom is -0.467 e. The zero-order valence-electron chi connectivity index (χ0n) is 16.9. The van der Waals surface area contributed by atoms with E-state index in [0.29, 0.717) is 17.9 Å². The van der Waals surface area contributed by atoms with Crippen LogP contribution >= 0.6 is 0 Å². The number of nitrogens with zero attached hydrogens (tertiary/aromatic N) is 5. The second kappa shape index (κ2) is 7.58. The molecular formula is C21H21N5O4. The van der Waals surface area contributed by atoms with E-state index < -0.39 is 4.92 Å². The van der Waals surface area contributed by atoms with Crippen LogP contribution in [-0.4, -0.2) is 31.3 Å². The molecule has 30 heavy (non-hydrogen) atoms. The maximum Gasteiger partial charge on any atom is 0.312 e. The molecule has 3 heterocycles. The van der Waals surface area contributed by atoms with Crippen molar-refractivity contribution in [3.63, 3.8) is 0 Å². The van der Waals surface area contributed by atoms with E-state index in [2.05, 4.69) is 10.2 Å². The normalized spacial score (nSPS) is 16.0. The second-order valence-corrected chi connectivity index (χ2v) is 7.32. The van der Waals surface area contributed by atoms with Gasteiger partial charge in [-0.15, -0.1) is 0 Å². The summed E-state index contributed by atoms with van der Waals surface area (Å²) in [5, 5.41) is 21.4. The van der Waals surface area contributed by atoms with Gasteiger partial charge in [0.2, 0.25) is 0 Å². The zero-order chi connectivity index (χ0) is 21.4. The van der Waals surface area contributed by atoms with Gasteiger partial charge in [-0.05, 0) is 38.5 Å². The van der Waals surface area contributed by atoms with Gasteiger partial charge >= 0.3 is 5.69 Å². The van der Waals surface area contributed by atoms with Gasteiger partial charge < -0.3 is 4.42 Å². The van der Waals surface area contributed by atoms with Crippen molar-refractivity contribution in [3.8, 4) is 0 Å². The van der Waals surface area contributed by atoms with Crippen LogP contribution in [0, 0.1) is 30.9 Å². The predicted molar refractivity (Wildman–Crippen MR) is 109 cm³/mol. The summed E-state index contributed by atoms with van der Waals surface area (Å²) in [6.45, 7) is 5.00. The fourth-order valence-electron chi connectivity index (χ4n) is 3.67. The number of carbonyl (C=O) groups excluding carboxylic acids is 1. The van der Waals surface area contributed by atoms with Crippen LogP contribution in [0.15, 0.2) is 52.2 Å². The molecule has 0 spiro atoms. The van der Waals surface area contributed by atoms with Crippen LogP contribution in [-0.2, 0) is 11.3 Å². The molecule has 1 aliphatic rings. The van der Waals surface area contributed by atoms with E-state index in [1.54, 1.807) is 26.2 Å². The van der Waals surface area contributed by atoms with Crippen molar-refractivity contribution >= 4 is 17.3 Å². The van der Waals surface area contributed by atoms with Gasteiger partial charge in [0.15, 0.2) is 0 Å². The molecule has 0 fully saturated rings. The molecule has 0 saturated heterocycles. The number of amides is 1. The van der Waals surface area contributed by atoms with Gasteiger partial charge in [0, 0.05) is 6.42 Å². The Bertz CT molecular complexity index is 1130. The molecule has 4 rings (SSSR count). The lowest BCUT2D eigenvalue weighted by Gasteiger charge is -2.20. The van der Waals surface area contributed by atoms with Crippen molar-refractivity contribution in [2.75, 3.05) is 0 Å². The molecule has 0 saturated carbocycles. The highest BCUT2D eigenvalue weighted by Gasteiger charge is 2.35. The summed E-state index contributed by atoms with van der Waals surface area (Å²) < 4.78 is 6.91. The van der Waals surface area contributed by atoms with E-state index in [1.807, 2.05) is 37.3 Å². The average Bonchev–Trinajstić information content (AvgIpc) is 3.42. The van der Waals surface area contributed by atoms with Gasteiger partial charge in [0.05, 0.1) is 16.9 Å². The number of hydrazone groups is 1. The first-order valence-electron chi connectivity index (χ1n) is 9.53. The van der Waals surface area contributed by atoms with Crippen LogP contribution in [0.4, 0.5) is 5.69 Å². The molecule has 0 aliphatic carbocycles. The lowest BCUT2D eigenvalue weighted by molar-refractivity contribution is -0.386. The maximum atomic E-state index is 13.1. The summed E-state index contributed by atoms with van der Waals surface area (Å²) in [5.41, 5.74) is 3.40. The average molecular weight is 407 g/mol. The van der Waals surface area contributed by atoms with E-state index in [9.17, 15) is 14.9 Å². The first-order chi connectivity index (χ1) is 14.3. The van der Waals surface area contributed by atoms with Crippen molar-refractivity contribution in [1.29, 1.82) is 0 Å². The number of hydrogen-bond acceptors (Lipinski definition) is 6. The third-order valence-electron chi connectivity index (χ3n) is 5.23. The van der Waals surface area contributed by atoms with Crippen molar-refractivity contribution in [2.45, 2.75) is 39.8 Å². The number of benzene rings is 1. The molecule has 1 atom stereocenters. The van der Waals surface area contributed by atoms with Gasteiger partial charge in [-0.3, -0.25) is 19.6 Å². The molecule has 2 aromatic heterocycles. The molecule has 0 bridgehead atoms.